The molecule has 1 amide bonds. The molecule has 1 saturated heterocycles. The van der Waals surface area contributed by atoms with Crippen molar-refractivity contribution in [1.29, 1.82) is 0 Å². The van der Waals surface area contributed by atoms with Crippen LogP contribution in [0.3, 0.4) is 0 Å². The number of benzene rings is 1. The Morgan fingerprint density at radius 1 is 1.44 bits per heavy atom. The van der Waals surface area contributed by atoms with Crippen LogP contribution in [0.25, 0.3) is 0 Å². The molecule has 0 N–H and O–H groups in total. The number of rotatable bonds is 3. The largest absolute Gasteiger partial charge is 0.484 e. The SMILES string of the molecule is C[C@@H]1CCCN(C(=O)COc2ccc(F)cc2)C1. The van der Waals surface area contributed by atoms with Gasteiger partial charge in [0.15, 0.2) is 6.61 Å². The van der Waals surface area contributed by atoms with Gasteiger partial charge in [0.25, 0.3) is 5.91 Å². The lowest BCUT2D eigenvalue weighted by molar-refractivity contribution is -0.135. The third-order valence-electron chi connectivity index (χ3n) is 3.19. The highest BCUT2D eigenvalue weighted by Crippen LogP contribution is 2.16. The topological polar surface area (TPSA) is 29.5 Å². The summed E-state index contributed by atoms with van der Waals surface area (Å²) in [4.78, 5) is 13.8. The predicted molar refractivity (Wildman–Crippen MR) is 66.9 cm³/mol. The third-order valence-corrected chi connectivity index (χ3v) is 3.19. The first-order valence-corrected chi connectivity index (χ1v) is 6.31. The zero-order valence-electron chi connectivity index (χ0n) is 10.6. The van der Waals surface area contributed by atoms with Gasteiger partial charge in [0.05, 0.1) is 0 Å². The maximum absolute atomic E-state index is 12.7. The fraction of sp³-hybridized carbons (Fsp3) is 0.500. The predicted octanol–water partition coefficient (Wildman–Crippen LogP) is 2.46. The molecule has 0 saturated carbocycles. The molecule has 0 bridgehead atoms. The molecule has 1 aliphatic rings. The summed E-state index contributed by atoms with van der Waals surface area (Å²) in [6.45, 7) is 3.81. The lowest BCUT2D eigenvalue weighted by Gasteiger charge is -2.30. The van der Waals surface area contributed by atoms with Crippen LogP contribution in [0.4, 0.5) is 4.39 Å². The fourth-order valence-electron chi connectivity index (χ4n) is 2.18. The van der Waals surface area contributed by atoms with Crippen molar-refractivity contribution in [1.82, 2.24) is 4.90 Å². The second-order valence-corrected chi connectivity index (χ2v) is 4.83. The van der Waals surface area contributed by atoms with Gasteiger partial charge in [-0.3, -0.25) is 4.79 Å². The van der Waals surface area contributed by atoms with Gasteiger partial charge >= 0.3 is 0 Å². The molecule has 3 nitrogen and oxygen atoms in total. The van der Waals surface area contributed by atoms with Crippen LogP contribution in [0.5, 0.6) is 5.75 Å². The van der Waals surface area contributed by atoms with Crippen molar-refractivity contribution in [3.63, 3.8) is 0 Å². The average Bonchev–Trinajstić information content (AvgIpc) is 2.38. The Balaban J connectivity index is 1.82. The number of hydrogen-bond acceptors (Lipinski definition) is 2. The molecule has 1 atom stereocenters. The number of nitrogens with zero attached hydrogens (tertiary/aromatic N) is 1. The summed E-state index contributed by atoms with van der Waals surface area (Å²) in [6.07, 6.45) is 2.24. The van der Waals surface area contributed by atoms with Crippen molar-refractivity contribution in [3.8, 4) is 5.75 Å². The molecule has 4 heteroatoms. The molecule has 0 aliphatic carbocycles. The number of carbonyl (C=O) groups is 1. The normalized spacial score (nSPS) is 19.7. The zero-order valence-corrected chi connectivity index (χ0v) is 10.6. The maximum Gasteiger partial charge on any atom is 0.260 e. The number of ether oxygens (including phenoxy) is 1. The van der Waals surface area contributed by atoms with Crippen LogP contribution in [0.2, 0.25) is 0 Å². The molecule has 1 aromatic carbocycles. The monoisotopic (exact) mass is 251 g/mol. The molecule has 0 aromatic heterocycles. The fourth-order valence-corrected chi connectivity index (χ4v) is 2.18. The van der Waals surface area contributed by atoms with Crippen LogP contribution < -0.4 is 4.74 Å². The first-order chi connectivity index (χ1) is 8.65. The molecule has 98 valence electrons. The summed E-state index contributed by atoms with van der Waals surface area (Å²) in [5.74, 6) is 0.785. The van der Waals surface area contributed by atoms with Crippen LogP contribution in [-0.2, 0) is 4.79 Å². The van der Waals surface area contributed by atoms with Gasteiger partial charge in [-0.1, -0.05) is 6.92 Å². The van der Waals surface area contributed by atoms with Crippen molar-refractivity contribution in [2.45, 2.75) is 19.8 Å². The van der Waals surface area contributed by atoms with E-state index in [2.05, 4.69) is 6.92 Å². The minimum Gasteiger partial charge on any atom is -0.484 e. The van der Waals surface area contributed by atoms with E-state index in [9.17, 15) is 9.18 Å². The molecule has 1 aliphatic heterocycles. The van der Waals surface area contributed by atoms with E-state index in [-0.39, 0.29) is 18.3 Å². The van der Waals surface area contributed by atoms with Gasteiger partial charge in [-0.05, 0) is 43.0 Å². The van der Waals surface area contributed by atoms with E-state index in [1.807, 2.05) is 4.90 Å². The minimum atomic E-state index is -0.307. The second kappa shape index (κ2) is 5.85. The number of carbonyl (C=O) groups excluding carboxylic acids is 1. The Labute approximate surface area is 107 Å². The number of amides is 1. The first-order valence-electron chi connectivity index (χ1n) is 6.31. The summed E-state index contributed by atoms with van der Waals surface area (Å²) >= 11 is 0. The Bertz CT molecular complexity index is 405. The number of halogens is 1. The summed E-state index contributed by atoms with van der Waals surface area (Å²) in [6, 6.07) is 5.70. The smallest absolute Gasteiger partial charge is 0.260 e. The van der Waals surface area contributed by atoms with E-state index in [0.29, 0.717) is 11.7 Å². The van der Waals surface area contributed by atoms with Crippen molar-refractivity contribution in [2.24, 2.45) is 5.92 Å². The molecule has 1 fully saturated rings. The maximum atomic E-state index is 12.7. The molecule has 18 heavy (non-hydrogen) atoms. The van der Waals surface area contributed by atoms with Gasteiger partial charge in [-0.2, -0.15) is 0 Å². The third kappa shape index (κ3) is 3.45. The first kappa shape index (κ1) is 12.9. The highest BCUT2D eigenvalue weighted by molar-refractivity contribution is 5.77. The lowest BCUT2D eigenvalue weighted by atomic mass is 10.0. The average molecular weight is 251 g/mol. The van der Waals surface area contributed by atoms with E-state index in [1.54, 1.807) is 0 Å². The highest BCUT2D eigenvalue weighted by Gasteiger charge is 2.20. The van der Waals surface area contributed by atoms with E-state index in [1.165, 1.54) is 30.7 Å². The van der Waals surface area contributed by atoms with Crippen molar-refractivity contribution in [2.75, 3.05) is 19.7 Å². The Hall–Kier alpha value is -1.58. The van der Waals surface area contributed by atoms with Crippen LogP contribution in [0.15, 0.2) is 24.3 Å². The Kier molecular flexibility index (Phi) is 4.18. The zero-order chi connectivity index (χ0) is 13.0. The van der Waals surface area contributed by atoms with E-state index >= 15 is 0 Å². The number of piperidine rings is 1. The molecule has 0 unspecified atom stereocenters. The van der Waals surface area contributed by atoms with Crippen LogP contribution in [0.1, 0.15) is 19.8 Å². The minimum absolute atomic E-state index is 0.00544. The number of likely N-dealkylation sites (tertiary alicyclic amines) is 1. The summed E-state index contributed by atoms with van der Waals surface area (Å²) in [5.41, 5.74) is 0. The van der Waals surface area contributed by atoms with E-state index in [4.69, 9.17) is 4.74 Å². The summed E-state index contributed by atoms with van der Waals surface area (Å²) < 4.78 is 18.0. The van der Waals surface area contributed by atoms with Gasteiger partial charge in [0, 0.05) is 13.1 Å². The van der Waals surface area contributed by atoms with Gasteiger partial charge in [0.1, 0.15) is 11.6 Å². The molecular formula is C14H18FNO2. The van der Waals surface area contributed by atoms with Gasteiger partial charge in [-0.25, -0.2) is 4.39 Å². The van der Waals surface area contributed by atoms with Crippen molar-refractivity contribution in [3.05, 3.63) is 30.1 Å². The van der Waals surface area contributed by atoms with Crippen molar-refractivity contribution >= 4 is 5.91 Å². The van der Waals surface area contributed by atoms with E-state index in [0.717, 1.165) is 19.5 Å². The standard InChI is InChI=1S/C14H18FNO2/c1-11-3-2-8-16(9-11)14(17)10-18-13-6-4-12(15)5-7-13/h4-7,11H,2-3,8-10H2,1H3/t11-/m1/s1. The quantitative estimate of drug-likeness (QED) is 0.826. The van der Waals surface area contributed by atoms with Gasteiger partial charge in [-0.15, -0.1) is 0 Å². The Morgan fingerprint density at radius 3 is 2.83 bits per heavy atom. The molecule has 0 spiro atoms. The summed E-state index contributed by atoms with van der Waals surface area (Å²) in [5, 5.41) is 0. The van der Waals surface area contributed by atoms with Crippen molar-refractivity contribution < 1.29 is 13.9 Å². The molecule has 0 radical (unpaired) electrons. The molecule has 1 aromatic rings. The van der Waals surface area contributed by atoms with Gasteiger partial charge < -0.3 is 9.64 Å². The van der Waals surface area contributed by atoms with Gasteiger partial charge in [0.2, 0.25) is 0 Å². The molecule has 1 heterocycles. The summed E-state index contributed by atoms with van der Waals surface area (Å²) in [7, 11) is 0. The molecular weight excluding hydrogens is 233 g/mol. The van der Waals surface area contributed by atoms with Crippen LogP contribution in [0, 0.1) is 11.7 Å². The Morgan fingerprint density at radius 2 is 2.17 bits per heavy atom. The second-order valence-electron chi connectivity index (χ2n) is 4.83. The number of hydrogen-bond donors (Lipinski definition) is 0. The van der Waals surface area contributed by atoms with Crippen LogP contribution >= 0.6 is 0 Å². The lowest BCUT2D eigenvalue weighted by Crippen LogP contribution is -2.41. The highest BCUT2D eigenvalue weighted by atomic mass is 19.1. The van der Waals surface area contributed by atoms with E-state index < -0.39 is 0 Å². The molecule has 2 rings (SSSR count). The van der Waals surface area contributed by atoms with Crippen LogP contribution in [-0.4, -0.2) is 30.5 Å².